The van der Waals surface area contributed by atoms with E-state index in [1.165, 1.54) is 0 Å². The van der Waals surface area contributed by atoms with Gasteiger partial charge in [-0.15, -0.1) is 0 Å². The van der Waals surface area contributed by atoms with Crippen LogP contribution in [0.3, 0.4) is 0 Å². The minimum atomic E-state index is -1.44. The summed E-state index contributed by atoms with van der Waals surface area (Å²) in [5.41, 5.74) is 1.52. The van der Waals surface area contributed by atoms with Gasteiger partial charge in [0.2, 0.25) is 0 Å². The SMILES string of the molecule is CCOc1cc(B(O)O)cc(C(C)C)c1. The van der Waals surface area contributed by atoms with Crippen LogP contribution in [0.15, 0.2) is 18.2 Å². The van der Waals surface area contributed by atoms with E-state index in [9.17, 15) is 0 Å². The summed E-state index contributed by atoms with van der Waals surface area (Å²) in [6.45, 7) is 6.58. The minimum Gasteiger partial charge on any atom is -0.494 e. The molecule has 0 aliphatic carbocycles. The lowest BCUT2D eigenvalue weighted by atomic mass is 9.78. The molecule has 0 bridgehead atoms. The molecular weight excluding hydrogens is 191 g/mol. The van der Waals surface area contributed by atoms with E-state index in [0.717, 1.165) is 5.56 Å². The molecule has 0 spiro atoms. The van der Waals surface area contributed by atoms with Gasteiger partial charge >= 0.3 is 7.12 Å². The molecule has 0 saturated carbocycles. The third kappa shape index (κ3) is 3.25. The number of hydrogen-bond donors (Lipinski definition) is 2. The Morgan fingerprint density at radius 1 is 1.27 bits per heavy atom. The molecule has 1 aromatic rings. The number of hydrogen-bond acceptors (Lipinski definition) is 3. The molecule has 1 aromatic carbocycles. The Balaban J connectivity index is 3.08. The first-order valence-electron chi connectivity index (χ1n) is 5.18. The lowest BCUT2D eigenvalue weighted by Crippen LogP contribution is -2.30. The van der Waals surface area contributed by atoms with Crippen LogP contribution in [0, 0.1) is 0 Å². The normalized spacial score (nSPS) is 10.5. The Morgan fingerprint density at radius 2 is 1.93 bits per heavy atom. The molecule has 1 rings (SSSR count). The lowest BCUT2D eigenvalue weighted by molar-refractivity contribution is 0.339. The molecule has 4 heteroatoms. The summed E-state index contributed by atoms with van der Waals surface area (Å²) in [4.78, 5) is 0. The van der Waals surface area contributed by atoms with Gasteiger partial charge in [-0.05, 0) is 36.0 Å². The molecule has 0 saturated heterocycles. The van der Waals surface area contributed by atoms with Crippen molar-refractivity contribution in [3.05, 3.63) is 23.8 Å². The third-order valence-corrected chi connectivity index (χ3v) is 2.23. The van der Waals surface area contributed by atoms with E-state index < -0.39 is 7.12 Å². The molecule has 82 valence electrons. The molecular formula is C11H17BO3. The molecule has 0 fully saturated rings. The fourth-order valence-corrected chi connectivity index (χ4v) is 1.38. The zero-order valence-electron chi connectivity index (χ0n) is 9.40. The average Bonchev–Trinajstić information content (AvgIpc) is 2.17. The maximum Gasteiger partial charge on any atom is 0.488 e. The zero-order valence-corrected chi connectivity index (χ0v) is 9.40. The van der Waals surface area contributed by atoms with Crippen molar-refractivity contribution in [2.75, 3.05) is 6.61 Å². The van der Waals surface area contributed by atoms with E-state index in [-0.39, 0.29) is 0 Å². The Kier molecular flexibility index (Phi) is 4.18. The van der Waals surface area contributed by atoms with Crippen LogP contribution in [0.1, 0.15) is 32.3 Å². The second-order valence-corrected chi connectivity index (χ2v) is 3.80. The van der Waals surface area contributed by atoms with Gasteiger partial charge in [-0.25, -0.2) is 0 Å². The van der Waals surface area contributed by atoms with E-state index >= 15 is 0 Å². The van der Waals surface area contributed by atoms with Gasteiger partial charge < -0.3 is 14.8 Å². The monoisotopic (exact) mass is 208 g/mol. The van der Waals surface area contributed by atoms with Crippen molar-refractivity contribution in [2.45, 2.75) is 26.7 Å². The summed E-state index contributed by atoms with van der Waals surface area (Å²) in [7, 11) is -1.44. The largest absolute Gasteiger partial charge is 0.494 e. The Labute approximate surface area is 90.9 Å². The summed E-state index contributed by atoms with van der Waals surface area (Å²) >= 11 is 0. The molecule has 0 amide bonds. The van der Waals surface area contributed by atoms with E-state index in [2.05, 4.69) is 13.8 Å². The van der Waals surface area contributed by atoms with Crippen LogP contribution in [0.2, 0.25) is 0 Å². The highest BCUT2D eigenvalue weighted by Crippen LogP contribution is 2.19. The van der Waals surface area contributed by atoms with Crippen molar-refractivity contribution in [3.63, 3.8) is 0 Å². The molecule has 0 aliphatic heterocycles. The summed E-state index contributed by atoms with van der Waals surface area (Å²) < 4.78 is 5.37. The molecule has 0 atom stereocenters. The van der Waals surface area contributed by atoms with Gasteiger partial charge in [0.25, 0.3) is 0 Å². The van der Waals surface area contributed by atoms with Crippen molar-refractivity contribution in [3.8, 4) is 5.75 Å². The summed E-state index contributed by atoms with van der Waals surface area (Å²) in [5, 5.41) is 18.2. The van der Waals surface area contributed by atoms with Crippen molar-refractivity contribution >= 4 is 12.6 Å². The van der Waals surface area contributed by atoms with Gasteiger partial charge in [0.1, 0.15) is 5.75 Å². The summed E-state index contributed by atoms with van der Waals surface area (Å²) in [6, 6.07) is 5.37. The number of benzene rings is 1. The molecule has 2 N–H and O–H groups in total. The van der Waals surface area contributed by atoms with E-state index in [4.69, 9.17) is 14.8 Å². The van der Waals surface area contributed by atoms with Gasteiger partial charge in [-0.1, -0.05) is 19.9 Å². The minimum absolute atomic E-state index is 0.336. The molecule has 0 unspecified atom stereocenters. The lowest BCUT2D eigenvalue weighted by Gasteiger charge is -2.12. The summed E-state index contributed by atoms with van der Waals surface area (Å²) in [5.74, 6) is 1.02. The number of rotatable bonds is 4. The maximum absolute atomic E-state index is 9.12. The molecule has 0 heterocycles. The highest BCUT2D eigenvalue weighted by Gasteiger charge is 2.14. The maximum atomic E-state index is 9.12. The smallest absolute Gasteiger partial charge is 0.488 e. The fraction of sp³-hybridized carbons (Fsp3) is 0.455. The Hall–Kier alpha value is -0.995. The third-order valence-electron chi connectivity index (χ3n) is 2.23. The van der Waals surface area contributed by atoms with Crippen molar-refractivity contribution in [1.82, 2.24) is 0 Å². The summed E-state index contributed by atoms with van der Waals surface area (Å²) in [6.07, 6.45) is 0. The van der Waals surface area contributed by atoms with Gasteiger partial charge in [-0.2, -0.15) is 0 Å². The molecule has 3 nitrogen and oxygen atoms in total. The van der Waals surface area contributed by atoms with Crippen molar-refractivity contribution < 1.29 is 14.8 Å². The first-order chi connectivity index (χ1) is 7.04. The first-order valence-corrected chi connectivity index (χ1v) is 5.18. The van der Waals surface area contributed by atoms with Gasteiger partial charge in [-0.3, -0.25) is 0 Å². The molecule has 15 heavy (non-hydrogen) atoms. The van der Waals surface area contributed by atoms with Gasteiger partial charge in [0, 0.05) is 0 Å². The van der Waals surface area contributed by atoms with E-state index in [1.807, 2.05) is 13.0 Å². The van der Waals surface area contributed by atoms with Crippen LogP contribution in [-0.4, -0.2) is 23.8 Å². The first kappa shape index (κ1) is 12.1. The standard InChI is InChI=1S/C11H17BO3/c1-4-15-11-6-9(8(2)3)5-10(7-11)12(13)14/h5-8,13-14H,4H2,1-3H3. The van der Waals surface area contributed by atoms with E-state index in [1.54, 1.807) is 12.1 Å². The molecule has 0 aliphatic rings. The van der Waals surface area contributed by atoms with Crippen LogP contribution in [0.5, 0.6) is 5.75 Å². The average molecular weight is 208 g/mol. The molecule has 0 radical (unpaired) electrons. The van der Waals surface area contributed by atoms with Crippen LogP contribution < -0.4 is 10.2 Å². The quantitative estimate of drug-likeness (QED) is 0.722. The Bertz CT molecular complexity index is 297. The predicted octanol–water partition coefficient (Wildman–Crippen LogP) is 0.888. The number of ether oxygens (including phenoxy) is 1. The van der Waals surface area contributed by atoms with Crippen LogP contribution in [0.4, 0.5) is 0 Å². The van der Waals surface area contributed by atoms with Crippen LogP contribution in [0.25, 0.3) is 0 Å². The van der Waals surface area contributed by atoms with Crippen LogP contribution >= 0.6 is 0 Å². The van der Waals surface area contributed by atoms with Crippen molar-refractivity contribution in [2.24, 2.45) is 0 Å². The fourth-order valence-electron chi connectivity index (χ4n) is 1.38. The Morgan fingerprint density at radius 3 is 2.40 bits per heavy atom. The second kappa shape index (κ2) is 5.19. The predicted molar refractivity (Wildman–Crippen MR) is 61.5 cm³/mol. The van der Waals surface area contributed by atoms with Gasteiger partial charge in [0.05, 0.1) is 6.61 Å². The van der Waals surface area contributed by atoms with Gasteiger partial charge in [0.15, 0.2) is 0 Å². The van der Waals surface area contributed by atoms with E-state index in [0.29, 0.717) is 23.7 Å². The highest BCUT2D eigenvalue weighted by atomic mass is 16.5. The molecule has 0 aromatic heterocycles. The second-order valence-electron chi connectivity index (χ2n) is 3.80. The highest BCUT2D eigenvalue weighted by molar-refractivity contribution is 6.58. The van der Waals surface area contributed by atoms with Crippen LogP contribution in [-0.2, 0) is 0 Å². The van der Waals surface area contributed by atoms with Crippen molar-refractivity contribution in [1.29, 1.82) is 0 Å². The zero-order chi connectivity index (χ0) is 11.4. The topological polar surface area (TPSA) is 49.7 Å².